The fourth-order valence-corrected chi connectivity index (χ4v) is 0. The van der Waals surface area contributed by atoms with Gasteiger partial charge in [-0.15, -0.1) is 0 Å². The maximum absolute atomic E-state index is 8.50. The van der Waals surface area contributed by atoms with Crippen molar-refractivity contribution < 1.29 is 30.1 Å². The van der Waals surface area contributed by atoms with Crippen molar-refractivity contribution in [3.8, 4) is 0 Å². The van der Waals surface area contributed by atoms with Crippen molar-refractivity contribution >= 4 is 0 Å². The van der Waals surface area contributed by atoms with Gasteiger partial charge >= 0.3 is 24.6 Å². The van der Waals surface area contributed by atoms with Crippen molar-refractivity contribution in [2.75, 3.05) is 0 Å². The molecule has 2 N–H and O–H groups in total. The number of hydrogen-bond donors (Lipinski definition) is 0. The molecule has 0 aliphatic carbocycles. The Bertz CT molecular complexity index is 24.3. The van der Waals surface area contributed by atoms with Crippen molar-refractivity contribution in [3.63, 3.8) is 0 Å². The normalized spacial score (nSPS) is 4.00. The third-order valence-electron chi connectivity index (χ3n) is 0. The minimum absolute atomic E-state index is 0. The summed E-state index contributed by atoms with van der Waals surface area (Å²) in [6.07, 6.45) is 0. The van der Waals surface area contributed by atoms with Gasteiger partial charge in [0.25, 0.3) is 0 Å². The molecular formula is H2IrO3. The predicted molar refractivity (Wildman–Crippen MR) is 4.99 cm³/mol. The van der Waals surface area contributed by atoms with Gasteiger partial charge in [-0.2, -0.15) is 0 Å². The van der Waals surface area contributed by atoms with Crippen molar-refractivity contribution in [1.82, 2.24) is 0 Å². The molecule has 0 amide bonds. The summed E-state index contributed by atoms with van der Waals surface area (Å²) in [6, 6.07) is 0. The van der Waals surface area contributed by atoms with E-state index in [1.807, 2.05) is 0 Å². The molecule has 0 bridgehead atoms. The second-order valence-corrected chi connectivity index (χ2v) is 0.455. The Hall–Kier alpha value is 0.209. The summed E-state index contributed by atoms with van der Waals surface area (Å²) in [4.78, 5) is 0. The van der Waals surface area contributed by atoms with Gasteiger partial charge in [0.15, 0.2) is 0 Å². The second kappa shape index (κ2) is 10.7. The molecule has 0 heterocycles. The van der Waals surface area contributed by atoms with Gasteiger partial charge in [0.1, 0.15) is 0 Å². The quantitative estimate of drug-likeness (QED) is 0.543. The fraction of sp³-hybridized carbons (Fsp3) is 0. The van der Waals surface area contributed by atoms with Crippen LogP contribution in [0.3, 0.4) is 0 Å². The monoisotopic (exact) mass is 243 g/mol. The first kappa shape index (κ1) is 8.88. The van der Waals surface area contributed by atoms with E-state index in [1.54, 1.807) is 0 Å². The Morgan fingerprint density at radius 3 is 1.25 bits per heavy atom. The average molecular weight is 242 g/mol. The summed E-state index contributed by atoms with van der Waals surface area (Å²) in [6.45, 7) is 0. The zero-order valence-electron chi connectivity index (χ0n) is 1.65. The van der Waals surface area contributed by atoms with Crippen LogP contribution in [0.2, 0.25) is 0 Å². The van der Waals surface area contributed by atoms with E-state index in [1.165, 1.54) is 0 Å². The molecule has 0 aromatic rings. The third kappa shape index (κ3) is 73.7. The van der Waals surface area contributed by atoms with E-state index in [-0.39, 0.29) is 5.48 Å². The Labute approximate surface area is 30.8 Å². The summed E-state index contributed by atoms with van der Waals surface area (Å²) < 4.78 is 17.0. The van der Waals surface area contributed by atoms with Crippen LogP contribution in [0, 0.1) is 0 Å². The van der Waals surface area contributed by atoms with Crippen molar-refractivity contribution in [2.45, 2.75) is 0 Å². The molecule has 0 spiro atoms. The first-order valence-electron chi connectivity index (χ1n) is 0.272. The summed E-state index contributed by atoms with van der Waals surface area (Å²) >= 11 is -2.00. The Balaban J connectivity index is 0. The maximum atomic E-state index is 8.50. The van der Waals surface area contributed by atoms with Crippen LogP contribution in [-0.2, 0) is 24.6 Å². The van der Waals surface area contributed by atoms with Crippen LogP contribution in [0.15, 0.2) is 0 Å². The molecule has 0 radical (unpaired) electrons. The van der Waals surface area contributed by atoms with Crippen LogP contribution < -0.4 is 0 Å². The van der Waals surface area contributed by atoms with E-state index in [9.17, 15) is 0 Å². The molecule has 0 unspecified atom stereocenters. The zero-order chi connectivity index (χ0) is 2.71. The van der Waals surface area contributed by atoms with Crippen LogP contribution in [0.5, 0.6) is 0 Å². The van der Waals surface area contributed by atoms with Crippen LogP contribution >= 0.6 is 0 Å². The summed E-state index contributed by atoms with van der Waals surface area (Å²) in [5.74, 6) is 0. The topological polar surface area (TPSA) is 65.6 Å². The molecular weight excluding hydrogens is 240 g/mol. The van der Waals surface area contributed by atoms with Gasteiger partial charge in [-0.3, -0.25) is 0 Å². The second-order valence-electron chi connectivity index (χ2n) is 0.0556. The average Bonchev–Trinajstić information content (AvgIpc) is 0.918. The van der Waals surface area contributed by atoms with E-state index in [4.69, 9.17) is 7.01 Å². The van der Waals surface area contributed by atoms with Gasteiger partial charge in [0, 0.05) is 0 Å². The van der Waals surface area contributed by atoms with Gasteiger partial charge in [0.05, 0.1) is 0 Å². The zero-order valence-corrected chi connectivity index (χ0v) is 4.04. The molecule has 0 aromatic carbocycles. The molecule has 0 rings (SSSR count). The minimum atomic E-state index is -2.00. The number of hydrogen-bond acceptors (Lipinski definition) is 2. The molecule has 4 heavy (non-hydrogen) atoms. The third-order valence-corrected chi connectivity index (χ3v) is 0. The molecule has 29 valence electrons. The molecule has 0 aliphatic heterocycles. The summed E-state index contributed by atoms with van der Waals surface area (Å²) in [7, 11) is 0. The number of rotatable bonds is 0. The van der Waals surface area contributed by atoms with Gasteiger partial charge in [0.2, 0.25) is 0 Å². The van der Waals surface area contributed by atoms with Crippen molar-refractivity contribution in [2.24, 2.45) is 0 Å². The molecule has 0 saturated heterocycles. The molecule has 0 aromatic heterocycles. The molecule has 0 saturated carbocycles. The van der Waals surface area contributed by atoms with E-state index in [0.29, 0.717) is 0 Å². The van der Waals surface area contributed by atoms with Crippen LogP contribution in [0.1, 0.15) is 0 Å². The summed E-state index contributed by atoms with van der Waals surface area (Å²) in [5, 5.41) is 0. The molecule has 0 fully saturated rings. The van der Waals surface area contributed by atoms with Gasteiger partial charge in [-0.25, -0.2) is 0 Å². The molecule has 3 nitrogen and oxygen atoms in total. The first-order chi connectivity index (χ1) is 1.41. The first-order valence-corrected chi connectivity index (χ1v) is 2.23. The van der Waals surface area contributed by atoms with Crippen molar-refractivity contribution in [1.29, 1.82) is 0 Å². The predicted octanol–water partition coefficient (Wildman–Crippen LogP) is -1.06. The van der Waals surface area contributed by atoms with E-state index in [0.717, 1.165) is 0 Å². The standard InChI is InChI=1S/Ir.H2O.2O/h;1H2;;. The molecule has 0 aliphatic rings. The SMILES string of the molecule is O.[O]=[Ir]=[O]. The van der Waals surface area contributed by atoms with Gasteiger partial charge in [-0.1, -0.05) is 0 Å². The van der Waals surface area contributed by atoms with Gasteiger partial charge in [-0.05, 0) is 0 Å². The summed E-state index contributed by atoms with van der Waals surface area (Å²) in [5.41, 5.74) is 0. The van der Waals surface area contributed by atoms with Crippen molar-refractivity contribution in [3.05, 3.63) is 0 Å². The van der Waals surface area contributed by atoms with Gasteiger partial charge < -0.3 is 5.48 Å². The van der Waals surface area contributed by atoms with Crippen LogP contribution in [0.25, 0.3) is 0 Å². The van der Waals surface area contributed by atoms with Crippen LogP contribution in [-0.4, -0.2) is 5.48 Å². The molecule has 0 atom stereocenters. The van der Waals surface area contributed by atoms with E-state index >= 15 is 0 Å². The Morgan fingerprint density at radius 2 is 1.25 bits per heavy atom. The Morgan fingerprint density at radius 1 is 1.25 bits per heavy atom. The van der Waals surface area contributed by atoms with E-state index in [2.05, 4.69) is 0 Å². The van der Waals surface area contributed by atoms with Crippen LogP contribution in [0.4, 0.5) is 0 Å². The Kier molecular flexibility index (Phi) is 23.8. The van der Waals surface area contributed by atoms with E-state index < -0.39 is 17.6 Å². The fourth-order valence-electron chi connectivity index (χ4n) is 0. The molecule has 4 heteroatoms.